The summed E-state index contributed by atoms with van der Waals surface area (Å²) >= 11 is 0. The van der Waals surface area contributed by atoms with Crippen molar-refractivity contribution in [3.05, 3.63) is 42.0 Å². The van der Waals surface area contributed by atoms with Crippen LogP contribution in [0.3, 0.4) is 0 Å². The molecule has 2 aromatic carbocycles. The lowest BCUT2D eigenvalue weighted by molar-refractivity contribution is 0.0697. The van der Waals surface area contributed by atoms with E-state index in [1.165, 1.54) is 24.3 Å². The lowest BCUT2D eigenvalue weighted by atomic mass is 10.1. The van der Waals surface area contributed by atoms with Crippen LogP contribution in [0.25, 0.3) is 22.6 Å². The van der Waals surface area contributed by atoms with Crippen molar-refractivity contribution in [2.24, 2.45) is 0 Å². The van der Waals surface area contributed by atoms with E-state index in [0.717, 1.165) is 0 Å². The molecule has 3 rings (SSSR count). The summed E-state index contributed by atoms with van der Waals surface area (Å²) in [4.78, 5) is 15.2. The highest BCUT2D eigenvalue weighted by molar-refractivity contribution is 5.89. The summed E-state index contributed by atoms with van der Waals surface area (Å²) in [6.45, 7) is 0. The van der Waals surface area contributed by atoms with Gasteiger partial charge in [-0.1, -0.05) is 6.07 Å². The summed E-state index contributed by atoms with van der Waals surface area (Å²) in [5.74, 6) is -0.836. The Kier molecular flexibility index (Phi) is 2.57. The molecule has 20 heavy (non-hydrogen) atoms. The molecule has 0 amide bonds. The Balaban J connectivity index is 2.15. The number of carbonyl (C=O) groups is 1. The number of hydrogen-bond donors (Lipinski definition) is 3. The van der Waals surface area contributed by atoms with E-state index in [4.69, 9.17) is 15.3 Å². The summed E-state index contributed by atoms with van der Waals surface area (Å²) in [5.41, 5.74) is 7.36. The summed E-state index contributed by atoms with van der Waals surface area (Å²) in [6, 6.07) is 9.13. The van der Waals surface area contributed by atoms with Gasteiger partial charge in [-0.2, -0.15) is 0 Å². The fourth-order valence-corrected chi connectivity index (χ4v) is 1.89. The van der Waals surface area contributed by atoms with Crippen molar-refractivity contribution in [2.75, 3.05) is 5.73 Å². The minimum Gasteiger partial charge on any atom is -0.506 e. The number of carboxylic acids is 1. The van der Waals surface area contributed by atoms with Crippen LogP contribution in [-0.2, 0) is 0 Å². The standard InChI is InChI=1S/C14H10N2O4/c15-9-5-10-12(6-11(9)17)20-13(16-10)7-2-1-3-8(4-7)14(18)19/h1-6,17H,15H2,(H,18,19). The van der Waals surface area contributed by atoms with Crippen LogP contribution in [0.1, 0.15) is 10.4 Å². The third-order valence-electron chi connectivity index (χ3n) is 2.89. The van der Waals surface area contributed by atoms with E-state index in [2.05, 4.69) is 4.98 Å². The smallest absolute Gasteiger partial charge is 0.335 e. The number of nitrogen functional groups attached to an aromatic ring is 1. The van der Waals surface area contributed by atoms with Gasteiger partial charge in [0.2, 0.25) is 5.89 Å². The van der Waals surface area contributed by atoms with E-state index < -0.39 is 5.97 Å². The molecular weight excluding hydrogens is 260 g/mol. The molecule has 0 saturated carbocycles. The molecule has 3 aromatic rings. The molecule has 0 aliphatic heterocycles. The van der Waals surface area contributed by atoms with Crippen molar-refractivity contribution in [2.45, 2.75) is 0 Å². The molecule has 0 bridgehead atoms. The number of anilines is 1. The van der Waals surface area contributed by atoms with E-state index in [-0.39, 0.29) is 22.9 Å². The van der Waals surface area contributed by atoms with Gasteiger partial charge in [0.1, 0.15) is 11.3 Å². The van der Waals surface area contributed by atoms with Crippen molar-refractivity contribution in [3.8, 4) is 17.2 Å². The van der Waals surface area contributed by atoms with Gasteiger partial charge in [0.25, 0.3) is 0 Å². The Bertz CT molecular complexity index is 784. The van der Waals surface area contributed by atoms with Crippen LogP contribution in [0.5, 0.6) is 5.75 Å². The van der Waals surface area contributed by atoms with Crippen LogP contribution >= 0.6 is 0 Å². The Morgan fingerprint density at radius 3 is 2.80 bits per heavy atom. The summed E-state index contributed by atoms with van der Waals surface area (Å²) < 4.78 is 5.51. The highest BCUT2D eigenvalue weighted by Gasteiger charge is 2.12. The SMILES string of the molecule is Nc1cc2nc(-c3cccc(C(=O)O)c3)oc2cc1O. The number of aromatic hydroxyl groups is 1. The lowest BCUT2D eigenvalue weighted by Gasteiger charge is -1.97. The number of phenols is 1. The summed E-state index contributed by atoms with van der Waals surface area (Å²) in [5, 5.41) is 18.5. The maximum atomic E-state index is 10.9. The van der Waals surface area contributed by atoms with Gasteiger partial charge in [0.15, 0.2) is 5.58 Å². The Hall–Kier alpha value is -3.02. The third kappa shape index (κ3) is 1.93. The second-order valence-corrected chi connectivity index (χ2v) is 4.28. The van der Waals surface area contributed by atoms with Gasteiger partial charge in [0, 0.05) is 11.6 Å². The van der Waals surface area contributed by atoms with Crippen molar-refractivity contribution in [1.29, 1.82) is 0 Å². The van der Waals surface area contributed by atoms with Gasteiger partial charge >= 0.3 is 5.97 Å². The Morgan fingerprint density at radius 2 is 2.05 bits per heavy atom. The molecule has 0 spiro atoms. The molecule has 6 nitrogen and oxygen atoms in total. The zero-order valence-electron chi connectivity index (χ0n) is 10.2. The number of oxazole rings is 1. The number of phenolic OH excluding ortho intramolecular Hbond substituents is 1. The van der Waals surface area contributed by atoms with Crippen LogP contribution in [0.4, 0.5) is 5.69 Å². The molecule has 0 fully saturated rings. The zero-order valence-corrected chi connectivity index (χ0v) is 10.2. The average molecular weight is 270 g/mol. The highest BCUT2D eigenvalue weighted by atomic mass is 16.4. The molecule has 1 heterocycles. The van der Waals surface area contributed by atoms with Crippen molar-refractivity contribution < 1.29 is 19.4 Å². The number of nitrogens with zero attached hydrogens (tertiary/aromatic N) is 1. The molecule has 1 aromatic heterocycles. The third-order valence-corrected chi connectivity index (χ3v) is 2.89. The maximum Gasteiger partial charge on any atom is 0.335 e. The van der Waals surface area contributed by atoms with Gasteiger partial charge < -0.3 is 20.4 Å². The number of nitrogens with two attached hydrogens (primary N) is 1. The highest BCUT2D eigenvalue weighted by Crippen LogP contribution is 2.30. The molecule has 6 heteroatoms. The van der Waals surface area contributed by atoms with E-state index in [1.807, 2.05) is 0 Å². The topological polar surface area (TPSA) is 110 Å². The fourth-order valence-electron chi connectivity index (χ4n) is 1.89. The average Bonchev–Trinajstić information content (AvgIpc) is 2.82. The molecule has 0 aliphatic rings. The fraction of sp³-hybridized carbons (Fsp3) is 0. The van der Waals surface area contributed by atoms with Crippen molar-refractivity contribution >= 4 is 22.8 Å². The minimum atomic E-state index is -1.02. The monoisotopic (exact) mass is 270 g/mol. The van der Waals surface area contributed by atoms with E-state index in [0.29, 0.717) is 16.7 Å². The number of rotatable bonds is 2. The van der Waals surface area contributed by atoms with Crippen molar-refractivity contribution in [3.63, 3.8) is 0 Å². The van der Waals surface area contributed by atoms with Gasteiger partial charge in [-0.15, -0.1) is 0 Å². The molecule has 0 unspecified atom stereocenters. The molecule has 100 valence electrons. The largest absolute Gasteiger partial charge is 0.506 e. The maximum absolute atomic E-state index is 10.9. The number of aromatic nitrogens is 1. The van der Waals surface area contributed by atoms with Crippen LogP contribution in [-0.4, -0.2) is 21.2 Å². The van der Waals surface area contributed by atoms with Gasteiger partial charge in [-0.05, 0) is 24.3 Å². The summed E-state index contributed by atoms with van der Waals surface area (Å²) in [6.07, 6.45) is 0. The molecule has 0 saturated heterocycles. The molecular formula is C14H10N2O4. The number of carboxylic acid groups (broad SMARTS) is 1. The Labute approximate surface area is 113 Å². The van der Waals surface area contributed by atoms with Crippen LogP contribution in [0.2, 0.25) is 0 Å². The van der Waals surface area contributed by atoms with Crippen LogP contribution in [0, 0.1) is 0 Å². The first kappa shape index (κ1) is 12.0. The zero-order chi connectivity index (χ0) is 14.3. The van der Waals surface area contributed by atoms with Gasteiger partial charge in [0.05, 0.1) is 11.3 Å². The first-order chi connectivity index (χ1) is 9.54. The normalized spacial score (nSPS) is 10.8. The predicted molar refractivity (Wildman–Crippen MR) is 72.5 cm³/mol. The number of benzene rings is 2. The minimum absolute atomic E-state index is 0.0838. The number of hydrogen-bond acceptors (Lipinski definition) is 5. The van der Waals surface area contributed by atoms with E-state index in [1.54, 1.807) is 12.1 Å². The lowest BCUT2D eigenvalue weighted by Crippen LogP contribution is -1.95. The first-order valence-corrected chi connectivity index (χ1v) is 5.77. The molecule has 0 atom stereocenters. The number of aromatic carboxylic acids is 1. The van der Waals surface area contributed by atoms with Gasteiger partial charge in [-0.3, -0.25) is 0 Å². The molecule has 0 aliphatic carbocycles. The quantitative estimate of drug-likeness (QED) is 0.487. The van der Waals surface area contributed by atoms with Crippen LogP contribution in [0.15, 0.2) is 40.8 Å². The second-order valence-electron chi connectivity index (χ2n) is 4.28. The summed E-state index contributed by atoms with van der Waals surface area (Å²) in [7, 11) is 0. The van der Waals surface area contributed by atoms with Crippen LogP contribution < -0.4 is 5.73 Å². The van der Waals surface area contributed by atoms with Gasteiger partial charge in [-0.25, -0.2) is 9.78 Å². The first-order valence-electron chi connectivity index (χ1n) is 5.77. The molecule has 4 N–H and O–H groups in total. The van der Waals surface area contributed by atoms with E-state index >= 15 is 0 Å². The molecule has 0 radical (unpaired) electrons. The second kappa shape index (κ2) is 4.27. The Morgan fingerprint density at radius 1 is 1.25 bits per heavy atom. The van der Waals surface area contributed by atoms with E-state index in [9.17, 15) is 9.90 Å². The number of fused-ring (bicyclic) bond motifs is 1. The predicted octanol–water partition coefficient (Wildman–Crippen LogP) is 2.48. The van der Waals surface area contributed by atoms with Crippen molar-refractivity contribution in [1.82, 2.24) is 4.98 Å².